The monoisotopic (exact) mass is 272 g/mol. The first kappa shape index (κ1) is 7.09. The molecule has 2 nitrogen and oxygen atoms in total. The molecule has 1 aliphatic rings. The molecule has 1 saturated heterocycles. The topological polar surface area (TPSA) is 18.5 Å². The van der Waals surface area contributed by atoms with E-state index < -0.39 is 4.38 Å². The molecule has 0 N–H and O–H groups in total. The van der Waals surface area contributed by atoms with Crippen LogP contribution in [0.3, 0.4) is 0 Å². The minimum Gasteiger partial charge on any atom is -0.353 e. The van der Waals surface area contributed by atoms with E-state index in [-0.39, 0.29) is 6.29 Å². The molecule has 0 radical (unpaired) electrons. The molecule has 1 fully saturated rings. The summed E-state index contributed by atoms with van der Waals surface area (Å²) in [5.74, 6) is 0. The highest BCUT2D eigenvalue weighted by molar-refractivity contribution is 14.1. The summed E-state index contributed by atoms with van der Waals surface area (Å²) >= 11 is 1.78. The lowest BCUT2D eigenvalue weighted by molar-refractivity contribution is -0.161. The van der Waals surface area contributed by atoms with Crippen molar-refractivity contribution in [3.63, 3.8) is 0 Å². The molecule has 0 aromatic heterocycles. The highest BCUT2D eigenvalue weighted by atomic mass is 127. The molecule has 0 bridgehead atoms. The number of rotatable bonds is 4. The van der Waals surface area contributed by atoms with Crippen molar-refractivity contribution < 1.29 is 12.2 Å². The molecule has 1 rings (SSSR count). The zero-order valence-electron chi connectivity index (χ0n) is 8.51. The number of halogens is 1. The largest absolute Gasteiger partial charge is 0.353 e. The van der Waals surface area contributed by atoms with Crippen LogP contribution >= 0.6 is 22.6 Å². The van der Waals surface area contributed by atoms with E-state index in [2.05, 4.69) is 0 Å². The third-order valence-electron chi connectivity index (χ3n) is 1.64. The third kappa shape index (κ3) is 4.28. The quantitative estimate of drug-likeness (QED) is 0.577. The minimum absolute atomic E-state index is 0.0903. The average molecular weight is 272 g/mol. The van der Waals surface area contributed by atoms with Crippen LogP contribution in [0.15, 0.2) is 0 Å². The molecule has 0 aromatic rings. The van der Waals surface area contributed by atoms with E-state index in [1.165, 1.54) is 0 Å². The Hall–Kier alpha value is 0.650. The van der Waals surface area contributed by atoms with Gasteiger partial charge in [-0.25, -0.2) is 0 Å². The molecule has 0 spiro atoms. The fraction of sp³-hybridized carbons (Fsp3) is 1.00. The maximum Gasteiger partial charge on any atom is 0.157 e. The lowest BCUT2D eigenvalue weighted by Crippen LogP contribution is -2.22. The second-order valence-electron chi connectivity index (χ2n) is 2.55. The van der Waals surface area contributed by atoms with Gasteiger partial charge in [0.25, 0.3) is 0 Å². The molecule has 66 valence electrons. The lowest BCUT2D eigenvalue weighted by atomic mass is 10.2. The normalized spacial score (nSPS) is 29.4. The van der Waals surface area contributed by atoms with E-state index in [0.717, 1.165) is 25.9 Å². The first-order valence-electron chi connectivity index (χ1n) is 5.00. The van der Waals surface area contributed by atoms with Crippen molar-refractivity contribution in [3.05, 3.63) is 0 Å². The van der Waals surface area contributed by atoms with Crippen LogP contribution < -0.4 is 0 Å². The number of alkyl halides is 1. The van der Waals surface area contributed by atoms with Crippen LogP contribution in [0.1, 0.15) is 28.4 Å². The molecular weight excluding hydrogens is 255 g/mol. The Balaban J connectivity index is 2.04. The van der Waals surface area contributed by atoms with Gasteiger partial charge in [-0.05, 0) is 25.7 Å². The summed E-state index contributed by atoms with van der Waals surface area (Å²) in [6, 6.07) is 0. The van der Waals surface area contributed by atoms with Crippen molar-refractivity contribution in [2.75, 3.05) is 17.6 Å². The molecule has 0 saturated carbocycles. The summed E-state index contributed by atoms with van der Waals surface area (Å²) in [5, 5.41) is 0. The number of ether oxygens (including phenoxy) is 2. The lowest BCUT2D eigenvalue weighted by Gasteiger charge is -2.22. The summed E-state index contributed by atoms with van der Waals surface area (Å²) in [5.41, 5.74) is 0. The average Bonchev–Trinajstić information content (AvgIpc) is 2.04. The van der Waals surface area contributed by atoms with Gasteiger partial charge in [0.15, 0.2) is 6.29 Å². The zero-order valence-corrected chi connectivity index (χ0v) is 8.67. The molecule has 11 heavy (non-hydrogen) atoms. The second-order valence-corrected chi connectivity index (χ2v) is 3.31. The summed E-state index contributed by atoms with van der Waals surface area (Å²) in [6.45, 7) is 1.22. The van der Waals surface area contributed by atoms with Gasteiger partial charge in [-0.15, -0.1) is 0 Å². The fourth-order valence-electron chi connectivity index (χ4n) is 1.07. The Kier molecular flexibility index (Phi) is 4.00. The first-order chi connectivity index (χ1) is 6.08. The van der Waals surface area contributed by atoms with E-state index >= 15 is 0 Å². The van der Waals surface area contributed by atoms with Gasteiger partial charge in [-0.3, -0.25) is 0 Å². The van der Waals surface area contributed by atoms with E-state index in [4.69, 9.17) is 12.2 Å². The van der Waals surface area contributed by atoms with Gasteiger partial charge in [-0.1, -0.05) is 22.6 Å². The Labute approximate surface area is 84.6 Å². The zero-order chi connectivity index (χ0) is 9.73. The van der Waals surface area contributed by atoms with Crippen LogP contribution in [-0.4, -0.2) is 23.9 Å². The summed E-state index contributed by atoms with van der Waals surface area (Å²) < 4.78 is 24.1. The van der Waals surface area contributed by atoms with Crippen molar-refractivity contribution in [2.24, 2.45) is 0 Å². The smallest absolute Gasteiger partial charge is 0.157 e. The Morgan fingerprint density at radius 3 is 3.18 bits per heavy atom. The van der Waals surface area contributed by atoms with Crippen LogP contribution in [0, 0.1) is 0 Å². The summed E-state index contributed by atoms with van der Waals surface area (Å²) in [7, 11) is 0. The Bertz CT molecular complexity index is 144. The highest BCUT2D eigenvalue weighted by Gasteiger charge is 2.12. The van der Waals surface area contributed by atoms with Gasteiger partial charge < -0.3 is 9.47 Å². The molecule has 1 aliphatic heterocycles. The maximum absolute atomic E-state index is 7.28. The molecule has 0 aromatic carbocycles. The Morgan fingerprint density at radius 1 is 1.64 bits per heavy atom. The van der Waals surface area contributed by atoms with Gasteiger partial charge in [-0.2, -0.15) is 0 Å². The van der Waals surface area contributed by atoms with Crippen molar-refractivity contribution in [2.45, 2.75) is 32.0 Å². The van der Waals surface area contributed by atoms with Crippen molar-refractivity contribution in [1.82, 2.24) is 0 Å². The second kappa shape index (κ2) is 6.20. The summed E-state index contributed by atoms with van der Waals surface area (Å²) in [4.78, 5) is 0. The van der Waals surface area contributed by atoms with Crippen LogP contribution in [0.2, 0.25) is 0 Å². The van der Waals surface area contributed by atoms with Crippen LogP contribution in [0.4, 0.5) is 0 Å². The molecular formula is C8H15IO2. The highest BCUT2D eigenvalue weighted by Crippen LogP contribution is 2.13. The van der Waals surface area contributed by atoms with Crippen LogP contribution in [0.5, 0.6) is 0 Å². The first-order valence-corrected chi connectivity index (χ1v) is 5.08. The predicted molar refractivity (Wildman–Crippen MR) is 53.0 cm³/mol. The maximum atomic E-state index is 7.28. The predicted octanol–water partition coefficient (Wildman–Crippen LogP) is 2.35. The molecule has 1 atom stereocenters. The van der Waals surface area contributed by atoms with Crippen LogP contribution in [0.25, 0.3) is 0 Å². The summed E-state index contributed by atoms with van der Waals surface area (Å²) in [6.07, 6.45) is 3.55. The molecule has 1 heterocycles. The van der Waals surface area contributed by atoms with Gasteiger partial charge in [0.05, 0.1) is 6.61 Å². The van der Waals surface area contributed by atoms with Crippen molar-refractivity contribution in [1.29, 1.82) is 0 Å². The van der Waals surface area contributed by atoms with Gasteiger partial charge in [0, 0.05) is 13.7 Å². The van der Waals surface area contributed by atoms with Crippen molar-refractivity contribution in [3.8, 4) is 0 Å². The van der Waals surface area contributed by atoms with Crippen LogP contribution in [-0.2, 0) is 9.47 Å². The van der Waals surface area contributed by atoms with E-state index in [9.17, 15) is 0 Å². The van der Waals surface area contributed by atoms with Crippen molar-refractivity contribution >= 4 is 22.6 Å². The molecule has 0 amide bonds. The standard InChI is InChI=1S/C8H15IO2/c9-5-3-7-11-8-4-1-2-6-10-8/h8H,1-7H2/i5D2. The molecule has 3 heteroatoms. The van der Waals surface area contributed by atoms with Gasteiger partial charge in [0.2, 0.25) is 0 Å². The molecule has 1 unspecified atom stereocenters. The third-order valence-corrected chi connectivity index (χ3v) is 2.18. The molecule has 0 aliphatic carbocycles. The van der Waals surface area contributed by atoms with Gasteiger partial charge in [0.1, 0.15) is 0 Å². The number of hydrogen-bond donors (Lipinski definition) is 0. The number of hydrogen-bond acceptors (Lipinski definition) is 2. The van der Waals surface area contributed by atoms with Gasteiger partial charge >= 0.3 is 0 Å². The fourth-order valence-corrected chi connectivity index (χ4v) is 1.29. The van der Waals surface area contributed by atoms with E-state index in [0.29, 0.717) is 13.0 Å². The Morgan fingerprint density at radius 2 is 2.55 bits per heavy atom. The van der Waals surface area contributed by atoms with E-state index in [1.807, 2.05) is 0 Å². The SMILES string of the molecule is [2H]C([2H])(I)CCOC1CCCCO1. The minimum atomic E-state index is -1.16. The van der Waals surface area contributed by atoms with E-state index in [1.54, 1.807) is 22.6 Å².